The number of hydrogen-bond acceptors (Lipinski definition) is 3. The fourth-order valence-electron chi connectivity index (χ4n) is 2.70. The summed E-state index contributed by atoms with van der Waals surface area (Å²) < 4.78 is 0. The number of carbonyl (C=O) groups excluding carboxylic acids is 1. The molecule has 0 aromatic rings. The van der Waals surface area contributed by atoms with E-state index < -0.39 is 0 Å². The number of carbonyl (C=O) groups is 1. The monoisotopic (exact) mass is 240 g/mol. The highest BCUT2D eigenvalue weighted by atomic mass is 16.2. The first-order chi connectivity index (χ1) is 8.29. The van der Waals surface area contributed by atoms with Gasteiger partial charge >= 0.3 is 6.03 Å². The van der Waals surface area contributed by atoms with Crippen molar-refractivity contribution < 1.29 is 4.79 Å². The standard InChI is InChI=1S/C12H24N4O/c1-2-13-11-4-3-6-15(10-11)8-9-16-7-5-14-12(16)17/h11,13H,2-10H2,1H3,(H,14,17). The largest absolute Gasteiger partial charge is 0.336 e. The molecule has 0 bridgehead atoms. The van der Waals surface area contributed by atoms with Gasteiger partial charge in [-0.05, 0) is 25.9 Å². The Balaban J connectivity index is 1.69. The summed E-state index contributed by atoms with van der Waals surface area (Å²) in [6, 6.07) is 0.742. The third-order valence-corrected chi connectivity index (χ3v) is 3.63. The van der Waals surface area contributed by atoms with E-state index in [0.29, 0.717) is 6.04 Å². The molecule has 2 saturated heterocycles. The van der Waals surface area contributed by atoms with E-state index in [1.54, 1.807) is 0 Å². The fourth-order valence-corrected chi connectivity index (χ4v) is 2.70. The average molecular weight is 240 g/mol. The Morgan fingerprint density at radius 1 is 1.41 bits per heavy atom. The lowest BCUT2D eigenvalue weighted by molar-refractivity contribution is 0.169. The van der Waals surface area contributed by atoms with Crippen molar-refractivity contribution in [3.63, 3.8) is 0 Å². The van der Waals surface area contributed by atoms with E-state index in [2.05, 4.69) is 22.5 Å². The number of hydrogen-bond donors (Lipinski definition) is 2. The maximum atomic E-state index is 11.4. The number of amides is 2. The molecule has 0 radical (unpaired) electrons. The van der Waals surface area contributed by atoms with E-state index in [4.69, 9.17) is 0 Å². The Labute approximate surface area is 104 Å². The van der Waals surface area contributed by atoms with Crippen LogP contribution in [-0.4, -0.2) is 67.7 Å². The van der Waals surface area contributed by atoms with Gasteiger partial charge in [-0.15, -0.1) is 0 Å². The Hall–Kier alpha value is -0.810. The molecule has 98 valence electrons. The van der Waals surface area contributed by atoms with Crippen LogP contribution in [0.25, 0.3) is 0 Å². The molecule has 2 N–H and O–H groups in total. The van der Waals surface area contributed by atoms with Gasteiger partial charge in [0.1, 0.15) is 0 Å². The van der Waals surface area contributed by atoms with Gasteiger partial charge in [-0.25, -0.2) is 4.79 Å². The van der Waals surface area contributed by atoms with E-state index in [9.17, 15) is 4.79 Å². The van der Waals surface area contributed by atoms with Crippen molar-refractivity contribution in [2.45, 2.75) is 25.8 Å². The van der Waals surface area contributed by atoms with Gasteiger partial charge in [0.05, 0.1) is 0 Å². The topological polar surface area (TPSA) is 47.6 Å². The average Bonchev–Trinajstić information content (AvgIpc) is 2.73. The molecular formula is C12H24N4O. The van der Waals surface area contributed by atoms with Crippen molar-refractivity contribution in [3.05, 3.63) is 0 Å². The molecule has 17 heavy (non-hydrogen) atoms. The predicted octanol–water partition coefficient (Wildman–Crippen LogP) is 0.0855. The minimum absolute atomic E-state index is 0.102. The van der Waals surface area contributed by atoms with Gasteiger partial charge < -0.3 is 20.4 Å². The van der Waals surface area contributed by atoms with Crippen LogP contribution in [0, 0.1) is 0 Å². The van der Waals surface area contributed by atoms with Gasteiger partial charge in [-0.3, -0.25) is 0 Å². The minimum atomic E-state index is 0.102. The SMILES string of the molecule is CCNC1CCCN(CCN2CCNC2=O)C1. The van der Waals surface area contributed by atoms with Crippen molar-refractivity contribution in [3.8, 4) is 0 Å². The Morgan fingerprint density at radius 3 is 3.00 bits per heavy atom. The molecule has 5 nitrogen and oxygen atoms in total. The summed E-state index contributed by atoms with van der Waals surface area (Å²) in [7, 11) is 0. The lowest BCUT2D eigenvalue weighted by atomic mass is 10.1. The van der Waals surface area contributed by atoms with Crippen LogP contribution in [0.2, 0.25) is 0 Å². The molecule has 2 aliphatic rings. The van der Waals surface area contributed by atoms with E-state index >= 15 is 0 Å². The Kier molecular flexibility index (Phi) is 4.62. The summed E-state index contributed by atoms with van der Waals surface area (Å²) >= 11 is 0. The van der Waals surface area contributed by atoms with Crippen LogP contribution in [-0.2, 0) is 0 Å². The predicted molar refractivity (Wildman–Crippen MR) is 68.1 cm³/mol. The number of urea groups is 1. The third-order valence-electron chi connectivity index (χ3n) is 3.63. The van der Waals surface area contributed by atoms with Gasteiger partial charge in [0, 0.05) is 38.8 Å². The normalized spacial score (nSPS) is 26.3. The molecule has 2 fully saturated rings. The summed E-state index contributed by atoms with van der Waals surface area (Å²) in [4.78, 5) is 15.8. The van der Waals surface area contributed by atoms with Gasteiger partial charge in [-0.2, -0.15) is 0 Å². The first-order valence-corrected chi connectivity index (χ1v) is 6.78. The molecule has 1 atom stereocenters. The molecule has 2 amide bonds. The maximum absolute atomic E-state index is 11.4. The number of nitrogens with one attached hydrogen (secondary N) is 2. The van der Waals surface area contributed by atoms with E-state index in [1.165, 1.54) is 19.4 Å². The Morgan fingerprint density at radius 2 is 2.29 bits per heavy atom. The number of likely N-dealkylation sites (N-methyl/N-ethyl adjacent to an activating group) is 1. The number of likely N-dealkylation sites (tertiary alicyclic amines) is 1. The van der Waals surface area contributed by atoms with Crippen molar-refractivity contribution in [1.29, 1.82) is 0 Å². The van der Waals surface area contributed by atoms with E-state index in [-0.39, 0.29) is 6.03 Å². The van der Waals surface area contributed by atoms with E-state index in [0.717, 1.165) is 39.3 Å². The van der Waals surface area contributed by atoms with Gasteiger partial charge in [0.15, 0.2) is 0 Å². The third kappa shape index (κ3) is 3.57. The number of nitrogens with zero attached hydrogens (tertiary/aromatic N) is 2. The first kappa shape index (κ1) is 12.6. The first-order valence-electron chi connectivity index (χ1n) is 6.78. The lowest BCUT2D eigenvalue weighted by Crippen LogP contribution is -2.48. The molecule has 0 aromatic carbocycles. The van der Waals surface area contributed by atoms with Crippen molar-refractivity contribution >= 4 is 6.03 Å². The molecule has 2 rings (SSSR count). The molecule has 0 saturated carbocycles. The lowest BCUT2D eigenvalue weighted by Gasteiger charge is -2.33. The zero-order valence-corrected chi connectivity index (χ0v) is 10.7. The second-order valence-corrected chi connectivity index (χ2v) is 4.92. The number of rotatable bonds is 5. The molecule has 1 unspecified atom stereocenters. The molecule has 0 spiro atoms. The van der Waals surface area contributed by atoms with Crippen molar-refractivity contribution in [2.24, 2.45) is 0 Å². The zero-order valence-electron chi connectivity index (χ0n) is 10.7. The molecule has 2 heterocycles. The molecule has 2 aliphatic heterocycles. The summed E-state index contributed by atoms with van der Waals surface area (Å²) in [6.45, 7) is 9.06. The maximum Gasteiger partial charge on any atom is 0.317 e. The Bertz CT molecular complexity index is 257. The number of piperidine rings is 1. The van der Waals surface area contributed by atoms with Crippen LogP contribution in [0.5, 0.6) is 0 Å². The molecule has 5 heteroatoms. The van der Waals surface area contributed by atoms with Gasteiger partial charge in [-0.1, -0.05) is 6.92 Å². The highest BCUT2D eigenvalue weighted by molar-refractivity contribution is 5.76. The minimum Gasteiger partial charge on any atom is -0.336 e. The van der Waals surface area contributed by atoms with Crippen molar-refractivity contribution in [1.82, 2.24) is 20.4 Å². The van der Waals surface area contributed by atoms with E-state index in [1.807, 2.05) is 4.90 Å². The van der Waals surface area contributed by atoms with Crippen molar-refractivity contribution in [2.75, 3.05) is 45.8 Å². The summed E-state index contributed by atoms with van der Waals surface area (Å²) in [5.41, 5.74) is 0. The highest BCUT2D eigenvalue weighted by Gasteiger charge is 2.22. The molecule has 0 aliphatic carbocycles. The van der Waals surface area contributed by atoms with Gasteiger partial charge in [0.25, 0.3) is 0 Å². The van der Waals surface area contributed by atoms with Gasteiger partial charge in [0.2, 0.25) is 0 Å². The fraction of sp³-hybridized carbons (Fsp3) is 0.917. The highest BCUT2D eigenvalue weighted by Crippen LogP contribution is 2.10. The van der Waals surface area contributed by atoms with Crippen LogP contribution < -0.4 is 10.6 Å². The quantitative estimate of drug-likeness (QED) is 0.716. The van der Waals surface area contributed by atoms with Crippen LogP contribution in [0.15, 0.2) is 0 Å². The summed E-state index contributed by atoms with van der Waals surface area (Å²) in [5.74, 6) is 0. The zero-order chi connectivity index (χ0) is 12.1. The van der Waals surface area contributed by atoms with Crippen LogP contribution in [0.1, 0.15) is 19.8 Å². The molecular weight excluding hydrogens is 216 g/mol. The second-order valence-electron chi connectivity index (χ2n) is 4.92. The van der Waals surface area contributed by atoms with Crippen LogP contribution >= 0.6 is 0 Å². The summed E-state index contributed by atoms with van der Waals surface area (Å²) in [5, 5.41) is 6.36. The second kappa shape index (κ2) is 6.21. The smallest absolute Gasteiger partial charge is 0.317 e. The summed E-state index contributed by atoms with van der Waals surface area (Å²) in [6.07, 6.45) is 2.55. The molecule has 0 aromatic heterocycles. The van der Waals surface area contributed by atoms with Crippen LogP contribution in [0.3, 0.4) is 0 Å². The van der Waals surface area contributed by atoms with Crippen LogP contribution in [0.4, 0.5) is 4.79 Å².